The molecule has 1 aromatic heterocycles. The van der Waals surface area contributed by atoms with Gasteiger partial charge >= 0.3 is 0 Å². The highest BCUT2D eigenvalue weighted by Crippen LogP contribution is 2.35. The van der Waals surface area contributed by atoms with Crippen LogP contribution in [-0.2, 0) is 11.8 Å². The summed E-state index contributed by atoms with van der Waals surface area (Å²) in [5, 5.41) is 8.24. The average Bonchev–Trinajstić information content (AvgIpc) is 3.10. The Kier molecular flexibility index (Phi) is 4.71. The van der Waals surface area contributed by atoms with Crippen molar-refractivity contribution in [1.82, 2.24) is 9.36 Å². The zero-order valence-corrected chi connectivity index (χ0v) is 16.5. The van der Waals surface area contributed by atoms with Gasteiger partial charge in [-0.2, -0.15) is 0 Å². The molecular weight excluding hydrogens is 391 g/mol. The highest BCUT2D eigenvalue weighted by atomic mass is 32.2. The predicted octanol–water partition coefficient (Wildman–Crippen LogP) is 3.68. The number of carbonyl (C=O) groups excluding carboxylic acids is 1. The molecule has 0 aliphatic carbocycles. The first kappa shape index (κ1) is 18.9. The summed E-state index contributed by atoms with van der Waals surface area (Å²) in [7, 11) is 1.74. The van der Waals surface area contributed by atoms with Crippen molar-refractivity contribution in [3.63, 3.8) is 0 Å². The Bertz CT molecular complexity index is 1210. The molecule has 0 atom stereocenters. The highest BCUT2D eigenvalue weighted by Gasteiger charge is 2.37. The maximum absolute atomic E-state index is 13.2. The fourth-order valence-electron chi connectivity index (χ4n) is 3.21. The number of anilines is 1. The van der Waals surface area contributed by atoms with Crippen molar-refractivity contribution in [2.75, 3.05) is 4.90 Å². The standard InChI is InChI=1S/C21H17FN4O2S/c1-13-18(20(28)26(24(13)2)16-6-4-3-5-7-16)25-19(27)17(29-21(25)23)12-14-8-10-15(22)11-9-14/h3-12,23H,1-2H3/b17-12-,23-21?. The third-order valence-corrected chi connectivity index (χ3v) is 5.63. The molecule has 6 nitrogen and oxygen atoms in total. The summed E-state index contributed by atoms with van der Waals surface area (Å²) >= 11 is 0.974. The molecule has 3 aromatic rings. The summed E-state index contributed by atoms with van der Waals surface area (Å²) < 4.78 is 16.3. The number of nitrogens with zero attached hydrogens (tertiary/aromatic N) is 3. The molecule has 2 aromatic carbocycles. The van der Waals surface area contributed by atoms with E-state index in [2.05, 4.69) is 0 Å². The van der Waals surface area contributed by atoms with Crippen molar-refractivity contribution in [1.29, 1.82) is 5.41 Å². The van der Waals surface area contributed by atoms with Crippen LogP contribution in [0.1, 0.15) is 11.3 Å². The molecule has 0 radical (unpaired) electrons. The van der Waals surface area contributed by atoms with E-state index in [-0.39, 0.29) is 22.2 Å². The summed E-state index contributed by atoms with van der Waals surface area (Å²) in [6, 6.07) is 14.8. The fraction of sp³-hybridized carbons (Fsp3) is 0.0952. The summed E-state index contributed by atoms with van der Waals surface area (Å²) in [6.45, 7) is 1.74. The van der Waals surface area contributed by atoms with Crippen LogP contribution >= 0.6 is 11.8 Å². The Hall–Kier alpha value is -3.39. The Morgan fingerprint density at radius 1 is 1.03 bits per heavy atom. The second kappa shape index (κ2) is 7.21. The molecule has 0 spiro atoms. The van der Waals surface area contributed by atoms with E-state index in [0.717, 1.165) is 16.7 Å². The van der Waals surface area contributed by atoms with E-state index < -0.39 is 5.91 Å². The minimum atomic E-state index is -0.449. The van der Waals surface area contributed by atoms with Gasteiger partial charge in [0, 0.05) is 7.05 Å². The monoisotopic (exact) mass is 408 g/mol. The number of hydrogen-bond donors (Lipinski definition) is 1. The van der Waals surface area contributed by atoms with Gasteiger partial charge in [0.15, 0.2) is 5.17 Å². The molecule has 1 fully saturated rings. The molecule has 2 heterocycles. The molecule has 1 saturated heterocycles. The van der Waals surface area contributed by atoms with Crippen LogP contribution in [0.15, 0.2) is 64.3 Å². The van der Waals surface area contributed by atoms with Crippen LogP contribution in [0.5, 0.6) is 0 Å². The quantitative estimate of drug-likeness (QED) is 0.672. The topological polar surface area (TPSA) is 71.1 Å². The Morgan fingerprint density at radius 2 is 1.69 bits per heavy atom. The van der Waals surface area contributed by atoms with Crippen LogP contribution in [-0.4, -0.2) is 20.4 Å². The van der Waals surface area contributed by atoms with Crippen LogP contribution in [0.3, 0.4) is 0 Å². The number of carbonyl (C=O) groups is 1. The normalized spacial score (nSPS) is 15.6. The summed E-state index contributed by atoms with van der Waals surface area (Å²) in [4.78, 5) is 27.6. The van der Waals surface area contributed by atoms with Gasteiger partial charge in [0.1, 0.15) is 11.5 Å². The van der Waals surface area contributed by atoms with E-state index >= 15 is 0 Å². The van der Waals surface area contributed by atoms with Crippen LogP contribution in [0.4, 0.5) is 10.1 Å². The van der Waals surface area contributed by atoms with Crippen molar-refractivity contribution in [2.45, 2.75) is 6.92 Å². The van der Waals surface area contributed by atoms with Gasteiger partial charge in [-0.15, -0.1) is 0 Å². The third-order valence-electron chi connectivity index (χ3n) is 4.74. The molecule has 1 N–H and O–H groups in total. The molecule has 4 rings (SSSR count). The zero-order valence-electron chi connectivity index (χ0n) is 15.7. The van der Waals surface area contributed by atoms with Crippen molar-refractivity contribution in [3.8, 4) is 5.69 Å². The number of rotatable bonds is 3. The van der Waals surface area contributed by atoms with Crippen LogP contribution in [0, 0.1) is 18.2 Å². The number of halogens is 1. The van der Waals surface area contributed by atoms with Gasteiger partial charge in [-0.05, 0) is 54.6 Å². The van der Waals surface area contributed by atoms with Crippen LogP contribution in [0.2, 0.25) is 0 Å². The van der Waals surface area contributed by atoms with Crippen molar-refractivity contribution in [3.05, 3.63) is 86.9 Å². The molecule has 29 heavy (non-hydrogen) atoms. The Morgan fingerprint density at radius 3 is 2.34 bits per heavy atom. The van der Waals surface area contributed by atoms with Crippen molar-refractivity contribution in [2.24, 2.45) is 7.05 Å². The first-order chi connectivity index (χ1) is 13.9. The highest BCUT2D eigenvalue weighted by molar-refractivity contribution is 8.19. The lowest BCUT2D eigenvalue weighted by molar-refractivity contribution is -0.113. The third kappa shape index (κ3) is 3.21. The number of amides is 1. The fourth-order valence-corrected chi connectivity index (χ4v) is 4.06. The maximum Gasteiger partial charge on any atom is 0.296 e. The van der Waals surface area contributed by atoms with E-state index in [1.807, 2.05) is 18.2 Å². The van der Waals surface area contributed by atoms with Gasteiger partial charge in [0.05, 0.1) is 16.3 Å². The van der Waals surface area contributed by atoms with Crippen molar-refractivity contribution >= 4 is 34.6 Å². The lowest BCUT2D eigenvalue weighted by Crippen LogP contribution is -2.33. The van der Waals surface area contributed by atoms with Gasteiger partial charge in [-0.3, -0.25) is 19.7 Å². The minimum absolute atomic E-state index is 0.0469. The molecule has 1 aliphatic heterocycles. The number of benzene rings is 2. The summed E-state index contributed by atoms with van der Waals surface area (Å²) in [6.07, 6.45) is 1.59. The van der Waals surface area contributed by atoms with Crippen LogP contribution in [0.25, 0.3) is 11.8 Å². The lowest BCUT2D eigenvalue weighted by Gasteiger charge is -2.12. The summed E-state index contributed by atoms with van der Waals surface area (Å²) in [5.74, 6) is -0.816. The maximum atomic E-state index is 13.2. The first-order valence-electron chi connectivity index (χ1n) is 8.80. The number of nitrogens with one attached hydrogen (secondary N) is 1. The van der Waals surface area contributed by atoms with Crippen LogP contribution < -0.4 is 10.5 Å². The molecule has 146 valence electrons. The van der Waals surface area contributed by atoms with Gasteiger partial charge in [0.25, 0.3) is 11.5 Å². The molecule has 0 bridgehead atoms. The number of hydrogen-bond acceptors (Lipinski definition) is 4. The van der Waals surface area contributed by atoms with E-state index in [0.29, 0.717) is 21.8 Å². The Balaban J connectivity index is 1.78. The molecule has 8 heteroatoms. The average molecular weight is 408 g/mol. The van der Waals surface area contributed by atoms with Gasteiger partial charge in [-0.25, -0.2) is 14.0 Å². The molecular formula is C21H17FN4O2S. The molecule has 1 aliphatic rings. The largest absolute Gasteiger partial charge is 0.296 e. The second-order valence-corrected chi connectivity index (χ2v) is 7.55. The minimum Gasteiger partial charge on any atom is -0.283 e. The molecule has 0 unspecified atom stereocenters. The van der Waals surface area contributed by atoms with E-state index in [1.54, 1.807) is 49.0 Å². The van der Waals surface area contributed by atoms with E-state index in [4.69, 9.17) is 5.41 Å². The predicted molar refractivity (Wildman–Crippen MR) is 113 cm³/mol. The smallest absolute Gasteiger partial charge is 0.283 e. The molecule has 0 saturated carbocycles. The lowest BCUT2D eigenvalue weighted by atomic mass is 10.2. The number of para-hydroxylation sites is 1. The number of thioether (sulfide) groups is 1. The zero-order chi connectivity index (χ0) is 20.7. The number of aromatic nitrogens is 2. The number of amidine groups is 1. The van der Waals surface area contributed by atoms with E-state index in [9.17, 15) is 14.0 Å². The molecule has 1 amide bonds. The Labute approximate surface area is 170 Å². The van der Waals surface area contributed by atoms with Gasteiger partial charge < -0.3 is 0 Å². The van der Waals surface area contributed by atoms with Gasteiger partial charge in [0.2, 0.25) is 0 Å². The second-order valence-electron chi connectivity index (χ2n) is 6.52. The van der Waals surface area contributed by atoms with Gasteiger partial charge in [-0.1, -0.05) is 30.3 Å². The van der Waals surface area contributed by atoms with E-state index in [1.165, 1.54) is 16.8 Å². The first-order valence-corrected chi connectivity index (χ1v) is 9.62. The van der Waals surface area contributed by atoms with Crippen molar-refractivity contribution < 1.29 is 9.18 Å². The SMILES string of the molecule is Cc1c(N2C(=N)S/C(=C\c3ccc(F)cc3)C2=O)c(=O)n(-c2ccccc2)n1C. The summed E-state index contributed by atoms with van der Waals surface area (Å²) in [5.41, 5.74) is 1.66.